The van der Waals surface area contributed by atoms with Gasteiger partial charge in [-0.2, -0.15) is 0 Å². The molecule has 0 aliphatic rings. The number of urea groups is 2. The van der Waals surface area contributed by atoms with Crippen LogP contribution >= 0.6 is 21.6 Å². The molecule has 132 valence electrons. The predicted molar refractivity (Wildman–Crippen MR) is 93.1 cm³/mol. The van der Waals surface area contributed by atoms with Crippen LogP contribution in [0.1, 0.15) is 27.7 Å². The summed E-state index contributed by atoms with van der Waals surface area (Å²) in [7, 11) is 2.66. The van der Waals surface area contributed by atoms with Gasteiger partial charge < -0.3 is 10.6 Å². The van der Waals surface area contributed by atoms with Crippen molar-refractivity contribution in [3.05, 3.63) is 0 Å². The second kappa shape index (κ2) is 11.2. The van der Waals surface area contributed by atoms with E-state index >= 15 is 0 Å². The van der Waals surface area contributed by atoms with Crippen molar-refractivity contribution in [2.45, 2.75) is 27.7 Å². The largest absolute Gasteiger partial charge is 0.337 e. The second-order valence-electron chi connectivity index (χ2n) is 5.81. The van der Waals surface area contributed by atoms with E-state index in [1.54, 1.807) is 0 Å². The first-order chi connectivity index (χ1) is 10.6. The van der Waals surface area contributed by atoms with E-state index in [4.69, 9.17) is 0 Å². The molecule has 0 saturated heterocycles. The van der Waals surface area contributed by atoms with Crippen LogP contribution in [0.5, 0.6) is 0 Å². The van der Waals surface area contributed by atoms with Gasteiger partial charge in [0, 0.05) is 25.8 Å². The second-order valence-corrected chi connectivity index (χ2v) is 8.40. The first-order valence-corrected chi connectivity index (χ1v) is 9.46. The van der Waals surface area contributed by atoms with E-state index < -0.39 is 18.0 Å². The van der Waals surface area contributed by atoms with Crippen LogP contribution in [-0.2, 0) is 9.59 Å². The van der Waals surface area contributed by atoms with Crippen LogP contribution in [0.2, 0.25) is 0 Å². The Kier molecular flexibility index (Phi) is 10.5. The maximum atomic E-state index is 11.5. The molecule has 6 amide bonds. The lowest BCUT2D eigenvalue weighted by molar-refractivity contribution is -0.118. The zero-order chi connectivity index (χ0) is 17.9. The summed E-state index contributed by atoms with van der Waals surface area (Å²) in [6.07, 6.45) is 0. The van der Waals surface area contributed by atoms with Gasteiger partial charge in [0.05, 0.1) is 5.75 Å². The van der Waals surface area contributed by atoms with Crippen LogP contribution in [-0.4, -0.2) is 48.5 Å². The number of rotatable bonds is 7. The molecule has 0 aromatic rings. The Balaban J connectivity index is 3.62. The van der Waals surface area contributed by atoms with Crippen LogP contribution in [0.4, 0.5) is 9.59 Å². The van der Waals surface area contributed by atoms with Crippen LogP contribution in [0.25, 0.3) is 0 Å². The zero-order valence-electron chi connectivity index (χ0n) is 13.8. The van der Waals surface area contributed by atoms with Crippen LogP contribution in [0, 0.1) is 5.41 Å². The Morgan fingerprint density at radius 1 is 0.913 bits per heavy atom. The highest BCUT2D eigenvalue weighted by atomic mass is 33.1. The van der Waals surface area contributed by atoms with Crippen molar-refractivity contribution in [1.29, 1.82) is 0 Å². The van der Waals surface area contributed by atoms with Crippen molar-refractivity contribution < 1.29 is 19.2 Å². The maximum absolute atomic E-state index is 11.5. The smallest absolute Gasteiger partial charge is 0.321 e. The summed E-state index contributed by atoms with van der Waals surface area (Å²) in [5.41, 5.74) is -0.0489. The monoisotopic (exact) mass is 364 g/mol. The summed E-state index contributed by atoms with van der Waals surface area (Å²) >= 11 is 0. The molecule has 0 bridgehead atoms. The Labute approximate surface area is 144 Å². The molecule has 4 N–H and O–H groups in total. The van der Waals surface area contributed by atoms with Gasteiger partial charge >= 0.3 is 12.1 Å². The van der Waals surface area contributed by atoms with Gasteiger partial charge in [0.2, 0.25) is 11.8 Å². The average molecular weight is 364 g/mol. The molecule has 0 unspecified atom stereocenters. The Morgan fingerprint density at radius 2 is 1.52 bits per heavy atom. The number of hydrogen-bond donors (Lipinski definition) is 4. The molecule has 8 nitrogen and oxygen atoms in total. The molecular weight excluding hydrogens is 340 g/mol. The molecule has 0 rings (SSSR count). The molecular formula is C13H24N4O4S2. The zero-order valence-corrected chi connectivity index (χ0v) is 15.4. The molecule has 0 spiro atoms. The fraction of sp³-hybridized carbons (Fsp3) is 0.692. The number of nitrogens with one attached hydrogen (secondary N) is 4. The first-order valence-electron chi connectivity index (χ1n) is 6.97. The van der Waals surface area contributed by atoms with Crippen molar-refractivity contribution in [2.24, 2.45) is 5.41 Å². The maximum Gasteiger partial charge on any atom is 0.321 e. The van der Waals surface area contributed by atoms with Gasteiger partial charge in [-0.3, -0.25) is 20.2 Å². The lowest BCUT2D eigenvalue weighted by Crippen LogP contribution is -2.43. The summed E-state index contributed by atoms with van der Waals surface area (Å²) < 4.78 is 0. The van der Waals surface area contributed by atoms with Gasteiger partial charge in [0.15, 0.2) is 0 Å². The molecule has 0 radical (unpaired) electrons. The molecule has 0 atom stereocenters. The lowest BCUT2D eigenvalue weighted by atomic mass is 9.97. The molecule has 0 aromatic heterocycles. The summed E-state index contributed by atoms with van der Waals surface area (Å²) in [6, 6.07) is -1.05. The highest BCUT2D eigenvalue weighted by Gasteiger charge is 2.13. The van der Waals surface area contributed by atoms with Gasteiger partial charge in [0.1, 0.15) is 0 Å². The third kappa shape index (κ3) is 15.3. The minimum Gasteiger partial charge on any atom is -0.337 e. The van der Waals surface area contributed by atoms with Gasteiger partial charge in [-0.05, 0) is 5.41 Å². The molecule has 0 aliphatic carbocycles. The van der Waals surface area contributed by atoms with Crippen LogP contribution < -0.4 is 21.3 Å². The molecule has 0 fully saturated rings. The highest BCUT2D eigenvalue weighted by molar-refractivity contribution is 8.76. The lowest BCUT2D eigenvalue weighted by Gasteiger charge is -2.18. The minimum absolute atomic E-state index is 0.0489. The highest BCUT2D eigenvalue weighted by Crippen LogP contribution is 2.19. The van der Waals surface area contributed by atoms with Crippen LogP contribution in [0.15, 0.2) is 0 Å². The first kappa shape index (κ1) is 21.6. The molecule has 10 heteroatoms. The molecule has 0 aromatic carbocycles. The predicted octanol–water partition coefficient (Wildman–Crippen LogP) is 1.09. The number of carbonyl (C=O) groups is 4. The summed E-state index contributed by atoms with van der Waals surface area (Å²) in [5.74, 6) is -0.102. The van der Waals surface area contributed by atoms with Crippen molar-refractivity contribution >= 4 is 45.5 Å². The summed E-state index contributed by atoms with van der Waals surface area (Å²) in [5, 5.41) is 9.44. The third-order valence-electron chi connectivity index (χ3n) is 2.07. The third-order valence-corrected chi connectivity index (χ3v) is 4.34. The molecule has 23 heavy (non-hydrogen) atoms. The van der Waals surface area contributed by atoms with Gasteiger partial charge in [-0.1, -0.05) is 42.4 Å². The van der Waals surface area contributed by atoms with E-state index in [1.165, 1.54) is 28.5 Å². The number of carbonyl (C=O) groups excluding carboxylic acids is 4. The number of amides is 6. The Bertz CT molecular complexity index is 438. The number of imide groups is 2. The molecule has 0 aliphatic heterocycles. The van der Waals surface area contributed by atoms with Crippen molar-refractivity contribution in [3.63, 3.8) is 0 Å². The summed E-state index contributed by atoms with van der Waals surface area (Å²) in [6.45, 7) is 8.03. The van der Waals surface area contributed by atoms with Gasteiger partial charge in [-0.25, -0.2) is 9.59 Å². The quantitative estimate of drug-likeness (QED) is 0.397. The summed E-state index contributed by atoms with van der Waals surface area (Å²) in [4.78, 5) is 44.6. The van der Waals surface area contributed by atoms with E-state index in [0.29, 0.717) is 18.8 Å². The van der Waals surface area contributed by atoms with E-state index in [0.717, 1.165) is 0 Å². The SMILES string of the molecule is CC(=O)NC(=O)NCCSSCC(=O)NC(=O)NCC(C)(C)C. The van der Waals surface area contributed by atoms with Crippen molar-refractivity contribution in [2.75, 3.05) is 24.6 Å². The van der Waals surface area contributed by atoms with Crippen LogP contribution in [0.3, 0.4) is 0 Å². The average Bonchev–Trinajstić information content (AvgIpc) is 2.38. The Morgan fingerprint density at radius 3 is 2.09 bits per heavy atom. The van der Waals surface area contributed by atoms with Gasteiger partial charge in [-0.15, -0.1) is 0 Å². The minimum atomic E-state index is -0.545. The normalized spacial score (nSPS) is 10.6. The fourth-order valence-corrected chi connectivity index (χ4v) is 2.86. The van der Waals surface area contributed by atoms with Crippen molar-refractivity contribution in [1.82, 2.24) is 21.3 Å². The van der Waals surface area contributed by atoms with Gasteiger partial charge in [0.25, 0.3) is 0 Å². The number of hydrogen-bond acceptors (Lipinski definition) is 6. The van der Waals surface area contributed by atoms with E-state index in [-0.39, 0.29) is 17.1 Å². The molecule has 0 heterocycles. The topological polar surface area (TPSA) is 116 Å². The molecule has 0 saturated carbocycles. The fourth-order valence-electron chi connectivity index (χ4n) is 1.12. The van der Waals surface area contributed by atoms with E-state index in [9.17, 15) is 19.2 Å². The Hall–Kier alpha value is -1.42. The van der Waals surface area contributed by atoms with E-state index in [1.807, 2.05) is 20.8 Å². The van der Waals surface area contributed by atoms with E-state index in [2.05, 4.69) is 21.3 Å². The standard InChI is InChI=1S/C13H24N4O4S2/c1-9(18)16-11(20)14-5-6-22-23-7-10(19)17-12(21)15-8-13(2,3)4/h5-8H2,1-4H3,(H2,14,16,18,20)(H2,15,17,19,21). The van der Waals surface area contributed by atoms with Crippen molar-refractivity contribution in [3.8, 4) is 0 Å².